The average Bonchev–Trinajstić information content (AvgIpc) is 2.04. The minimum absolute atomic E-state index is 0.124. The van der Waals surface area contributed by atoms with Gasteiger partial charge in [0.1, 0.15) is 5.82 Å². The van der Waals surface area contributed by atoms with Crippen LogP contribution in [0.15, 0.2) is 12.3 Å². The Morgan fingerprint density at radius 1 is 1.54 bits per heavy atom. The highest BCUT2D eigenvalue weighted by molar-refractivity contribution is 6.20. The van der Waals surface area contributed by atoms with E-state index in [1.165, 1.54) is 0 Å². The zero-order valence-corrected chi connectivity index (χ0v) is 9.04. The first-order chi connectivity index (χ1) is 6.15. The van der Waals surface area contributed by atoms with E-state index in [1.54, 1.807) is 6.20 Å². The Labute approximate surface area is 84.4 Å². The SMILES string of the molecule is CCC(c1ccnc(C)n1)C(C)Cl. The Balaban J connectivity index is 2.91. The monoisotopic (exact) mass is 198 g/mol. The van der Waals surface area contributed by atoms with Crippen LogP contribution in [0.1, 0.15) is 37.7 Å². The topological polar surface area (TPSA) is 25.8 Å². The van der Waals surface area contributed by atoms with Gasteiger partial charge in [0, 0.05) is 23.2 Å². The number of aryl methyl sites for hydroxylation is 1. The molecule has 0 saturated carbocycles. The fraction of sp³-hybridized carbons (Fsp3) is 0.600. The Bertz CT molecular complexity index is 273. The molecule has 72 valence electrons. The van der Waals surface area contributed by atoms with Crippen molar-refractivity contribution in [1.82, 2.24) is 9.97 Å². The van der Waals surface area contributed by atoms with Crippen LogP contribution in [-0.4, -0.2) is 15.3 Å². The van der Waals surface area contributed by atoms with Crippen LogP contribution in [0.2, 0.25) is 0 Å². The lowest BCUT2D eigenvalue weighted by atomic mass is 9.99. The summed E-state index contributed by atoms with van der Waals surface area (Å²) in [6.07, 6.45) is 2.81. The Hall–Kier alpha value is -0.630. The van der Waals surface area contributed by atoms with Crippen LogP contribution in [0.25, 0.3) is 0 Å². The summed E-state index contributed by atoms with van der Waals surface area (Å²) in [7, 11) is 0. The summed E-state index contributed by atoms with van der Waals surface area (Å²) in [5.41, 5.74) is 1.05. The third-order valence-electron chi connectivity index (χ3n) is 2.17. The summed E-state index contributed by atoms with van der Waals surface area (Å²) in [6, 6.07) is 1.94. The Morgan fingerprint density at radius 2 is 2.23 bits per heavy atom. The number of nitrogens with zero attached hydrogens (tertiary/aromatic N) is 2. The smallest absolute Gasteiger partial charge is 0.125 e. The van der Waals surface area contributed by atoms with Gasteiger partial charge in [0.2, 0.25) is 0 Å². The quantitative estimate of drug-likeness (QED) is 0.698. The van der Waals surface area contributed by atoms with E-state index in [9.17, 15) is 0 Å². The van der Waals surface area contributed by atoms with Crippen molar-refractivity contribution in [3.63, 3.8) is 0 Å². The molecule has 1 rings (SSSR count). The van der Waals surface area contributed by atoms with Crippen molar-refractivity contribution in [2.24, 2.45) is 0 Å². The number of aromatic nitrogens is 2. The number of rotatable bonds is 3. The number of alkyl halides is 1. The zero-order valence-electron chi connectivity index (χ0n) is 8.29. The van der Waals surface area contributed by atoms with E-state index >= 15 is 0 Å². The lowest BCUT2D eigenvalue weighted by Crippen LogP contribution is -2.10. The van der Waals surface area contributed by atoms with Gasteiger partial charge < -0.3 is 0 Å². The second-order valence-corrected chi connectivity index (χ2v) is 3.91. The van der Waals surface area contributed by atoms with Crippen LogP contribution >= 0.6 is 11.6 Å². The van der Waals surface area contributed by atoms with E-state index in [2.05, 4.69) is 16.9 Å². The maximum absolute atomic E-state index is 6.07. The molecule has 1 aromatic heterocycles. The van der Waals surface area contributed by atoms with Gasteiger partial charge in [-0.2, -0.15) is 0 Å². The second kappa shape index (κ2) is 4.56. The molecule has 0 aromatic carbocycles. The van der Waals surface area contributed by atoms with Gasteiger partial charge in [0.05, 0.1) is 0 Å². The van der Waals surface area contributed by atoms with Crippen molar-refractivity contribution < 1.29 is 0 Å². The lowest BCUT2D eigenvalue weighted by molar-refractivity contribution is 0.625. The molecule has 0 N–H and O–H groups in total. The average molecular weight is 199 g/mol. The summed E-state index contributed by atoms with van der Waals surface area (Å²) in [4.78, 5) is 8.43. The molecule has 0 radical (unpaired) electrons. The Kier molecular flexibility index (Phi) is 3.67. The maximum Gasteiger partial charge on any atom is 0.125 e. The molecule has 2 unspecified atom stereocenters. The Morgan fingerprint density at radius 3 is 2.69 bits per heavy atom. The van der Waals surface area contributed by atoms with Crippen LogP contribution in [-0.2, 0) is 0 Å². The largest absolute Gasteiger partial charge is 0.242 e. The van der Waals surface area contributed by atoms with Crippen LogP contribution in [0.4, 0.5) is 0 Å². The van der Waals surface area contributed by atoms with Gasteiger partial charge in [-0.15, -0.1) is 11.6 Å². The highest BCUT2D eigenvalue weighted by atomic mass is 35.5. The van der Waals surface area contributed by atoms with E-state index in [-0.39, 0.29) is 5.38 Å². The third-order valence-corrected chi connectivity index (χ3v) is 2.48. The molecule has 0 saturated heterocycles. The van der Waals surface area contributed by atoms with Gasteiger partial charge in [-0.25, -0.2) is 9.97 Å². The molecule has 1 aromatic rings. The molecule has 13 heavy (non-hydrogen) atoms. The predicted octanol–water partition coefficient (Wildman–Crippen LogP) is 2.91. The summed E-state index contributed by atoms with van der Waals surface area (Å²) in [6.45, 7) is 6.03. The lowest BCUT2D eigenvalue weighted by Gasteiger charge is -2.16. The fourth-order valence-electron chi connectivity index (χ4n) is 1.45. The highest BCUT2D eigenvalue weighted by Gasteiger charge is 2.16. The summed E-state index contributed by atoms with van der Waals surface area (Å²) >= 11 is 6.07. The molecular formula is C10H15ClN2. The molecule has 0 spiro atoms. The predicted molar refractivity (Wildman–Crippen MR) is 55.1 cm³/mol. The first-order valence-electron chi connectivity index (χ1n) is 4.58. The minimum atomic E-state index is 0.124. The first kappa shape index (κ1) is 10.5. The summed E-state index contributed by atoms with van der Waals surface area (Å²) in [5, 5.41) is 0.124. The van der Waals surface area contributed by atoms with Crippen molar-refractivity contribution in [3.05, 3.63) is 23.8 Å². The van der Waals surface area contributed by atoms with Gasteiger partial charge in [-0.05, 0) is 26.3 Å². The van der Waals surface area contributed by atoms with Crippen molar-refractivity contribution in [2.45, 2.75) is 38.5 Å². The molecule has 2 atom stereocenters. The minimum Gasteiger partial charge on any atom is -0.242 e. The molecule has 0 aliphatic rings. The molecule has 0 amide bonds. The van der Waals surface area contributed by atoms with Crippen LogP contribution in [0, 0.1) is 6.92 Å². The van der Waals surface area contributed by atoms with E-state index in [0.717, 1.165) is 17.9 Å². The molecule has 2 nitrogen and oxygen atoms in total. The van der Waals surface area contributed by atoms with Crippen molar-refractivity contribution in [3.8, 4) is 0 Å². The molecule has 0 fully saturated rings. The molecule has 0 aliphatic carbocycles. The van der Waals surface area contributed by atoms with Gasteiger partial charge in [-0.1, -0.05) is 6.92 Å². The van der Waals surface area contributed by atoms with Crippen molar-refractivity contribution in [2.75, 3.05) is 0 Å². The third kappa shape index (κ3) is 2.66. The normalized spacial score (nSPS) is 15.4. The van der Waals surface area contributed by atoms with Crippen LogP contribution in [0.3, 0.4) is 0 Å². The molecular weight excluding hydrogens is 184 g/mol. The van der Waals surface area contributed by atoms with Gasteiger partial charge in [0.15, 0.2) is 0 Å². The number of halogens is 1. The highest BCUT2D eigenvalue weighted by Crippen LogP contribution is 2.24. The van der Waals surface area contributed by atoms with E-state index < -0.39 is 0 Å². The standard InChI is InChI=1S/C10H15ClN2/c1-4-9(7(2)11)10-5-6-12-8(3)13-10/h5-7,9H,4H2,1-3H3. The summed E-state index contributed by atoms with van der Waals surface area (Å²) in [5.74, 6) is 1.15. The van der Waals surface area contributed by atoms with Crippen molar-refractivity contribution >= 4 is 11.6 Å². The molecule has 0 bridgehead atoms. The number of hydrogen-bond acceptors (Lipinski definition) is 2. The van der Waals surface area contributed by atoms with E-state index in [1.807, 2.05) is 19.9 Å². The first-order valence-corrected chi connectivity index (χ1v) is 5.02. The maximum atomic E-state index is 6.07. The summed E-state index contributed by atoms with van der Waals surface area (Å²) < 4.78 is 0. The zero-order chi connectivity index (χ0) is 9.84. The van der Waals surface area contributed by atoms with Crippen molar-refractivity contribution in [1.29, 1.82) is 0 Å². The molecule has 3 heteroatoms. The van der Waals surface area contributed by atoms with Gasteiger partial charge >= 0.3 is 0 Å². The molecule has 1 heterocycles. The fourth-order valence-corrected chi connectivity index (χ4v) is 1.76. The van der Waals surface area contributed by atoms with Crippen LogP contribution < -0.4 is 0 Å². The number of hydrogen-bond donors (Lipinski definition) is 0. The van der Waals surface area contributed by atoms with E-state index in [4.69, 9.17) is 11.6 Å². The molecule has 0 aliphatic heterocycles. The van der Waals surface area contributed by atoms with Crippen LogP contribution in [0.5, 0.6) is 0 Å². The van der Waals surface area contributed by atoms with E-state index in [0.29, 0.717) is 5.92 Å². The second-order valence-electron chi connectivity index (χ2n) is 3.22. The van der Waals surface area contributed by atoms with Gasteiger partial charge in [0.25, 0.3) is 0 Å². The van der Waals surface area contributed by atoms with Gasteiger partial charge in [-0.3, -0.25) is 0 Å².